The highest BCUT2D eigenvalue weighted by Crippen LogP contribution is 2.29. The molecule has 1 N–H and O–H groups in total. The number of rotatable bonds is 0. The molecule has 0 aromatic heterocycles. The molecule has 0 radical (unpaired) electrons. The van der Waals surface area contributed by atoms with Gasteiger partial charge in [-0.05, 0) is 20.8 Å². The summed E-state index contributed by atoms with van der Waals surface area (Å²) in [6, 6.07) is -0.0117. The average Bonchev–Trinajstić information content (AvgIpc) is 2.58. The number of carbonyl (C=O) groups excluding carboxylic acids is 2. The molecule has 2 heterocycles. The summed E-state index contributed by atoms with van der Waals surface area (Å²) in [6.07, 6.45) is -0.0506. The van der Waals surface area contributed by atoms with Crippen LogP contribution in [-0.2, 0) is 9.53 Å². The molecule has 2 aliphatic rings. The third-order valence-corrected chi connectivity index (χ3v) is 2.93. The predicted octanol–water partition coefficient (Wildman–Crippen LogP) is 0.742. The van der Waals surface area contributed by atoms with Gasteiger partial charge in [0.25, 0.3) is 0 Å². The van der Waals surface area contributed by atoms with E-state index in [9.17, 15) is 9.59 Å². The molecule has 2 aliphatic heterocycles. The molecule has 0 aliphatic carbocycles. The Kier molecular flexibility index (Phi) is 2.66. The number of imide groups is 1. The number of carbonyl (C=O) groups is 2. The van der Waals surface area contributed by atoms with Gasteiger partial charge in [-0.25, -0.2) is 9.69 Å². The number of amides is 2. The van der Waals surface area contributed by atoms with E-state index in [1.165, 1.54) is 4.90 Å². The van der Waals surface area contributed by atoms with Gasteiger partial charge in [-0.3, -0.25) is 4.79 Å². The van der Waals surface area contributed by atoms with E-state index in [1.54, 1.807) is 20.8 Å². The van der Waals surface area contributed by atoms with Gasteiger partial charge in [0.15, 0.2) is 0 Å². The van der Waals surface area contributed by atoms with Crippen molar-refractivity contribution in [3.63, 3.8) is 0 Å². The summed E-state index contributed by atoms with van der Waals surface area (Å²) in [5, 5.41) is 3.19. The lowest BCUT2D eigenvalue weighted by Gasteiger charge is -2.26. The minimum absolute atomic E-state index is 0.0117. The molecule has 5 heteroatoms. The SMILES string of the molecule is CC(C)(C)OC(=O)N1C(=O)C[C@@H]2CNC[C@H]21. The zero-order chi connectivity index (χ0) is 11.9. The maximum Gasteiger partial charge on any atom is 0.417 e. The van der Waals surface area contributed by atoms with Crippen LogP contribution in [0, 0.1) is 5.92 Å². The number of hydrogen-bond donors (Lipinski definition) is 1. The first-order valence-corrected chi connectivity index (χ1v) is 5.64. The average molecular weight is 226 g/mol. The van der Waals surface area contributed by atoms with Crippen LogP contribution >= 0.6 is 0 Å². The quantitative estimate of drug-likeness (QED) is 0.662. The Balaban J connectivity index is 2.08. The first-order valence-electron chi connectivity index (χ1n) is 5.64. The monoisotopic (exact) mass is 226 g/mol. The highest BCUT2D eigenvalue weighted by atomic mass is 16.6. The van der Waals surface area contributed by atoms with Crippen molar-refractivity contribution in [3.05, 3.63) is 0 Å². The number of nitrogens with one attached hydrogen (secondary N) is 1. The van der Waals surface area contributed by atoms with Crippen molar-refractivity contribution in [2.75, 3.05) is 13.1 Å². The Labute approximate surface area is 95.1 Å². The Hall–Kier alpha value is -1.10. The largest absolute Gasteiger partial charge is 0.443 e. The summed E-state index contributed by atoms with van der Waals surface area (Å²) >= 11 is 0. The van der Waals surface area contributed by atoms with E-state index >= 15 is 0 Å². The van der Waals surface area contributed by atoms with Crippen molar-refractivity contribution >= 4 is 12.0 Å². The van der Waals surface area contributed by atoms with Gasteiger partial charge in [0, 0.05) is 25.4 Å². The van der Waals surface area contributed by atoms with Gasteiger partial charge in [-0.1, -0.05) is 0 Å². The number of fused-ring (bicyclic) bond motifs is 1. The first-order chi connectivity index (χ1) is 7.38. The Morgan fingerprint density at radius 2 is 2.12 bits per heavy atom. The van der Waals surface area contributed by atoms with Crippen LogP contribution in [0.2, 0.25) is 0 Å². The molecule has 2 saturated heterocycles. The standard InChI is InChI=1S/C11H18N2O3/c1-11(2,3)16-10(15)13-8-6-12-5-7(8)4-9(13)14/h7-8,12H,4-6H2,1-3H3/t7-,8-/m1/s1. The number of ether oxygens (including phenoxy) is 1. The Bertz CT molecular complexity index is 322. The maximum atomic E-state index is 11.9. The zero-order valence-electron chi connectivity index (χ0n) is 9.95. The fraction of sp³-hybridized carbons (Fsp3) is 0.818. The van der Waals surface area contributed by atoms with Gasteiger partial charge < -0.3 is 10.1 Å². The van der Waals surface area contributed by atoms with Crippen LogP contribution in [0.25, 0.3) is 0 Å². The molecule has 0 aromatic carbocycles. The van der Waals surface area contributed by atoms with Crippen LogP contribution in [0.4, 0.5) is 4.79 Å². The highest BCUT2D eigenvalue weighted by Gasteiger charge is 2.46. The summed E-state index contributed by atoms with van der Waals surface area (Å²) < 4.78 is 5.24. The molecule has 2 rings (SSSR count). The van der Waals surface area contributed by atoms with E-state index < -0.39 is 11.7 Å². The summed E-state index contributed by atoms with van der Waals surface area (Å²) in [7, 11) is 0. The van der Waals surface area contributed by atoms with Gasteiger partial charge in [0.2, 0.25) is 5.91 Å². The number of hydrogen-bond acceptors (Lipinski definition) is 4. The molecule has 0 bridgehead atoms. The van der Waals surface area contributed by atoms with Crippen LogP contribution in [0.5, 0.6) is 0 Å². The van der Waals surface area contributed by atoms with Gasteiger partial charge in [0.1, 0.15) is 5.60 Å². The fourth-order valence-electron chi connectivity index (χ4n) is 2.29. The maximum absolute atomic E-state index is 11.9. The minimum Gasteiger partial charge on any atom is -0.443 e. The second-order valence-corrected chi connectivity index (χ2v) is 5.43. The van der Waals surface area contributed by atoms with Crippen LogP contribution < -0.4 is 5.32 Å². The van der Waals surface area contributed by atoms with Gasteiger partial charge in [0.05, 0.1) is 6.04 Å². The molecule has 16 heavy (non-hydrogen) atoms. The van der Waals surface area contributed by atoms with Gasteiger partial charge >= 0.3 is 6.09 Å². The molecule has 90 valence electrons. The normalized spacial score (nSPS) is 29.4. The topological polar surface area (TPSA) is 58.6 Å². The van der Waals surface area contributed by atoms with Crippen LogP contribution in [0.3, 0.4) is 0 Å². The van der Waals surface area contributed by atoms with Crippen molar-refractivity contribution < 1.29 is 14.3 Å². The van der Waals surface area contributed by atoms with Crippen molar-refractivity contribution in [2.24, 2.45) is 5.92 Å². The number of nitrogens with zero attached hydrogens (tertiary/aromatic N) is 1. The van der Waals surface area contributed by atoms with Crippen molar-refractivity contribution in [1.82, 2.24) is 10.2 Å². The van der Waals surface area contributed by atoms with Crippen molar-refractivity contribution in [2.45, 2.75) is 38.8 Å². The lowest BCUT2D eigenvalue weighted by molar-refractivity contribution is -0.128. The lowest BCUT2D eigenvalue weighted by Crippen LogP contribution is -2.44. The van der Waals surface area contributed by atoms with Crippen molar-refractivity contribution in [1.29, 1.82) is 0 Å². The molecule has 5 nitrogen and oxygen atoms in total. The van der Waals surface area contributed by atoms with E-state index in [0.717, 1.165) is 6.54 Å². The number of likely N-dealkylation sites (tertiary alicyclic amines) is 1. The molecule has 2 amide bonds. The Morgan fingerprint density at radius 1 is 1.44 bits per heavy atom. The van der Waals surface area contributed by atoms with Crippen LogP contribution in [-0.4, -0.2) is 41.6 Å². The van der Waals surface area contributed by atoms with E-state index in [1.807, 2.05) is 0 Å². The zero-order valence-corrected chi connectivity index (χ0v) is 9.95. The molecule has 2 fully saturated rings. The van der Waals surface area contributed by atoms with E-state index in [2.05, 4.69) is 5.32 Å². The summed E-state index contributed by atoms with van der Waals surface area (Å²) in [5.41, 5.74) is -0.554. The summed E-state index contributed by atoms with van der Waals surface area (Å²) in [6.45, 7) is 6.91. The first kappa shape index (κ1) is 11.4. The molecular formula is C11H18N2O3. The van der Waals surface area contributed by atoms with Gasteiger partial charge in [-0.15, -0.1) is 0 Å². The molecular weight excluding hydrogens is 208 g/mol. The molecule has 2 atom stereocenters. The third-order valence-electron chi connectivity index (χ3n) is 2.93. The summed E-state index contributed by atoms with van der Waals surface area (Å²) in [4.78, 5) is 24.9. The molecule has 0 saturated carbocycles. The van der Waals surface area contributed by atoms with E-state index in [-0.39, 0.29) is 17.9 Å². The van der Waals surface area contributed by atoms with Crippen LogP contribution in [0.1, 0.15) is 27.2 Å². The smallest absolute Gasteiger partial charge is 0.417 e. The lowest BCUT2D eigenvalue weighted by atomic mass is 10.1. The molecule has 0 aromatic rings. The highest BCUT2D eigenvalue weighted by molar-refractivity contribution is 5.94. The van der Waals surface area contributed by atoms with Crippen LogP contribution in [0.15, 0.2) is 0 Å². The molecule has 0 unspecified atom stereocenters. The van der Waals surface area contributed by atoms with E-state index in [0.29, 0.717) is 13.0 Å². The van der Waals surface area contributed by atoms with Gasteiger partial charge in [-0.2, -0.15) is 0 Å². The minimum atomic E-state index is -0.554. The third kappa shape index (κ3) is 2.04. The summed E-state index contributed by atoms with van der Waals surface area (Å²) in [5.74, 6) is 0.158. The van der Waals surface area contributed by atoms with E-state index in [4.69, 9.17) is 4.74 Å². The fourth-order valence-corrected chi connectivity index (χ4v) is 2.29. The Morgan fingerprint density at radius 3 is 2.75 bits per heavy atom. The molecule has 0 spiro atoms. The second kappa shape index (κ2) is 3.73. The van der Waals surface area contributed by atoms with Crippen molar-refractivity contribution in [3.8, 4) is 0 Å². The second-order valence-electron chi connectivity index (χ2n) is 5.43. The predicted molar refractivity (Wildman–Crippen MR) is 57.8 cm³/mol.